The zero-order chi connectivity index (χ0) is 12.1. The van der Waals surface area contributed by atoms with Gasteiger partial charge in [0.1, 0.15) is 0 Å². The van der Waals surface area contributed by atoms with Crippen LogP contribution in [-0.4, -0.2) is 18.5 Å². The van der Waals surface area contributed by atoms with Crippen LogP contribution in [0.1, 0.15) is 57.8 Å². The Kier molecular flexibility index (Phi) is 4.84. The van der Waals surface area contributed by atoms with Gasteiger partial charge in [-0.2, -0.15) is 0 Å². The molecule has 0 aromatic heterocycles. The van der Waals surface area contributed by atoms with Crippen molar-refractivity contribution in [2.45, 2.75) is 63.8 Å². The molecule has 1 amide bonds. The Balaban J connectivity index is 1.65. The largest absolute Gasteiger partial charge is 0.356 e. The summed E-state index contributed by atoms with van der Waals surface area (Å²) in [5, 5.41) is 3.10. The molecule has 3 nitrogen and oxygen atoms in total. The second-order valence-corrected chi connectivity index (χ2v) is 5.87. The van der Waals surface area contributed by atoms with Crippen LogP contribution in [0, 0.1) is 11.8 Å². The highest BCUT2D eigenvalue weighted by molar-refractivity contribution is 5.76. The fourth-order valence-corrected chi connectivity index (χ4v) is 3.27. The molecule has 0 heterocycles. The van der Waals surface area contributed by atoms with E-state index in [4.69, 9.17) is 5.73 Å². The topological polar surface area (TPSA) is 55.1 Å². The van der Waals surface area contributed by atoms with E-state index in [-0.39, 0.29) is 11.9 Å². The third-order valence-electron chi connectivity index (χ3n) is 4.48. The van der Waals surface area contributed by atoms with E-state index in [2.05, 4.69) is 5.32 Å². The first-order chi connectivity index (χ1) is 8.25. The molecule has 98 valence electrons. The summed E-state index contributed by atoms with van der Waals surface area (Å²) >= 11 is 0. The number of hydrogen-bond acceptors (Lipinski definition) is 2. The van der Waals surface area contributed by atoms with E-state index in [1.807, 2.05) is 0 Å². The lowest BCUT2D eigenvalue weighted by Crippen LogP contribution is -2.38. The van der Waals surface area contributed by atoms with Crippen molar-refractivity contribution >= 4 is 5.91 Å². The minimum atomic E-state index is 0.222. The second kappa shape index (κ2) is 6.39. The van der Waals surface area contributed by atoms with Gasteiger partial charge in [-0.15, -0.1) is 0 Å². The summed E-state index contributed by atoms with van der Waals surface area (Å²) < 4.78 is 0. The first kappa shape index (κ1) is 12.9. The maximum absolute atomic E-state index is 11.8. The summed E-state index contributed by atoms with van der Waals surface area (Å²) in [6.07, 6.45) is 10.6. The lowest BCUT2D eigenvalue weighted by Gasteiger charge is -2.28. The van der Waals surface area contributed by atoms with Crippen LogP contribution in [0.3, 0.4) is 0 Å². The Morgan fingerprint density at radius 3 is 2.41 bits per heavy atom. The Bertz CT molecular complexity index is 249. The van der Waals surface area contributed by atoms with Gasteiger partial charge < -0.3 is 11.1 Å². The number of carbonyl (C=O) groups excluding carboxylic acids is 1. The van der Waals surface area contributed by atoms with Gasteiger partial charge in [0.05, 0.1) is 0 Å². The van der Waals surface area contributed by atoms with Crippen LogP contribution in [0.5, 0.6) is 0 Å². The molecule has 2 fully saturated rings. The van der Waals surface area contributed by atoms with Gasteiger partial charge in [-0.1, -0.05) is 25.7 Å². The maximum Gasteiger partial charge on any atom is 0.220 e. The average Bonchev–Trinajstić information content (AvgIpc) is 2.82. The van der Waals surface area contributed by atoms with Crippen LogP contribution >= 0.6 is 0 Å². The van der Waals surface area contributed by atoms with E-state index < -0.39 is 0 Å². The smallest absolute Gasteiger partial charge is 0.220 e. The molecular formula is C14H26N2O. The molecule has 2 aliphatic rings. The van der Waals surface area contributed by atoms with E-state index in [0.29, 0.717) is 12.3 Å². The van der Waals surface area contributed by atoms with Gasteiger partial charge in [-0.05, 0) is 37.5 Å². The number of carbonyl (C=O) groups is 1. The van der Waals surface area contributed by atoms with Crippen molar-refractivity contribution < 1.29 is 4.79 Å². The number of nitrogens with one attached hydrogen (secondary N) is 1. The molecule has 3 heteroatoms. The lowest BCUT2D eigenvalue weighted by atomic mass is 9.83. The molecule has 17 heavy (non-hydrogen) atoms. The SMILES string of the molecule is NC1CCCCC1CC(=O)NCC1CCCC1. The van der Waals surface area contributed by atoms with Crippen molar-refractivity contribution in [2.75, 3.05) is 6.54 Å². The molecule has 2 unspecified atom stereocenters. The fraction of sp³-hybridized carbons (Fsp3) is 0.929. The molecule has 2 atom stereocenters. The molecule has 2 rings (SSSR count). The van der Waals surface area contributed by atoms with Crippen LogP contribution in [0.15, 0.2) is 0 Å². The Morgan fingerprint density at radius 2 is 1.71 bits per heavy atom. The van der Waals surface area contributed by atoms with Crippen LogP contribution in [0.25, 0.3) is 0 Å². The fourth-order valence-electron chi connectivity index (χ4n) is 3.27. The standard InChI is InChI=1S/C14H26N2O/c15-13-8-4-3-7-12(13)9-14(17)16-10-11-5-1-2-6-11/h11-13H,1-10,15H2,(H,16,17). The molecule has 0 aromatic rings. The van der Waals surface area contributed by atoms with Crippen molar-refractivity contribution in [3.05, 3.63) is 0 Å². The molecule has 0 bridgehead atoms. The first-order valence-corrected chi connectivity index (χ1v) is 7.28. The Labute approximate surface area is 105 Å². The van der Waals surface area contributed by atoms with Gasteiger partial charge in [0.2, 0.25) is 5.91 Å². The normalized spacial score (nSPS) is 30.4. The van der Waals surface area contributed by atoms with Gasteiger partial charge in [0.15, 0.2) is 0 Å². The van der Waals surface area contributed by atoms with Gasteiger partial charge >= 0.3 is 0 Å². The quantitative estimate of drug-likeness (QED) is 0.789. The molecule has 3 N–H and O–H groups in total. The molecule has 0 aliphatic heterocycles. The van der Waals surface area contributed by atoms with Gasteiger partial charge in [0.25, 0.3) is 0 Å². The summed E-state index contributed by atoms with van der Waals surface area (Å²) in [6, 6.07) is 0.251. The minimum absolute atomic E-state index is 0.222. The monoisotopic (exact) mass is 238 g/mol. The number of rotatable bonds is 4. The molecule has 0 aromatic carbocycles. The highest BCUT2D eigenvalue weighted by atomic mass is 16.1. The van der Waals surface area contributed by atoms with Gasteiger partial charge in [0, 0.05) is 19.0 Å². The molecule has 0 spiro atoms. The molecular weight excluding hydrogens is 212 g/mol. The van der Waals surface area contributed by atoms with Gasteiger partial charge in [-0.3, -0.25) is 4.79 Å². The average molecular weight is 238 g/mol. The Morgan fingerprint density at radius 1 is 1.06 bits per heavy atom. The molecule has 2 aliphatic carbocycles. The summed E-state index contributed by atoms with van der Waals surface area (Å²) in [4.78, 5) is 11.8. The highest BCUT2D eigenvalue weighted by Gasteiger charge is 2.24. The zero-order valence-electron chi connectivity index (χ0n) is 10.8. The van der Waals surface area contributed by atoms with E-state index >= 15 is 0 Å². The number of amides is 1. The first-order valence-electron chi connectivity index (χ1n) is 7.28. The van der Waals surface area contributed by atoms with Crippen molar-refractivity contribution in [1.82, 2.24) is 5.32 Å². The van der Waals surface area contributed by atoms with E-state index in [1.54, 1.807) is 0 Å². The van der Waals surface area contributed by atoms with E-state index in [1.165, 1.54) is 38.5 Å². The summed E-state index contributed by atoms with van der Waals surface area (Å²) in [5.74, 6) is 1.38. The lowest BCUT2D eigenvalue weighted by molar-refractivity contribution is -0.122. The molecule has 2 saturated carbocycles. The number of hydrogen-bond donors (Lipinski definition) is 2. The van der Waals surface area contributed by atoms with Crippen LogP contribution in [0.4, 0.5) is 0 Å². The van der Waals surface area contributed by atoms with Gasteiger partial charge in [-0.25, -0.2) is 0 Å². The van der Waals surface area contributed by atoms with E-state index in [0.717, 1.165) is 25.3 Å². The summed E-state index contributed by atoms with van der Waals surface area (Å²) in [6.45, 7) is 0.890. The second-order valence-electron chi connectivity index (χ2n) is 5.87. The summed E-state index contributed by atoms with van der Waals surface area (Å²) in [7, 11) is 0. The maximum atomic E-state index is 11.8. The Hall–Kier alpha value is -0.570. The predicted octanol–water partition coefficient (Wildman–Crippen LogP) is 2.20. The van der Waals surface area contributed by atoms with Crippen molar-refractivity contribution in [1.29, 1.82) is 0 Å². The predicted molar refractivity (Wildman–Crippen MR) is 69.5 cm³/mol. The molecule has 0 radical (unpaired) electrons. The molecule has 0 saturated heterocycles. The van der Waals surface area contributed by atoms with Crippen LogP contribution < -0.4 is 11.1 Å². The van der Waals surface area contributed by atoms with Crippen LogP contribution in [-0.2, 0) is 4.79 Å². The number of nitrogens with two attached hydrogens (primary N) is 1. The highest BCUT2D eigenvalue weighted by Crippen LogP contribution is 2.26. The van der Waals surface area contributed by atoms with Crippen LogP contribution in [0.2, 0.25) is 0 Å². The van der Waals surface area contributed by atoms with Crippen molar-refractivity contribution in [3.63, 3.8) is 0 Å². The third kappa shape index (κ3) is 3.98. The van der Waals surface area contributed by atoms with E-state index in [9.17, 15) is 4.79 Å². The zero-order valence-corrected chi connectivity index (χ0v) is 10.8. The van der Waals surface area contributed by atoms with Crippen molar-refractivity contribution in [2.24, 2.45) is 17.6 Å². The summed E-state index contributed by atoms with van der Waals surface area (Å²) in [5.41, 5.74) is 6.07. The minimum Gasteiger partial charge on any atom is -0.356 e. The third-order valence-corrected chi connectivity index (χ3v) is 4.48. The van der Waals surface area contributed by atoms with Crippen molar-refractivity contribution in [3.8, 4) is 0 Å².